The second-order valence-corrected chi connectivity index (χ2v) is 7.75. The van der Waals surface area contributed by atoms with Gasteiger partial charge in [0, 0.05) is 42.8 Å². The van der Waals surface area contributed by atoms with E-state index >= 15 is 0 Å². The first kappa shape index (κ1) is 18.1. The van der Waals surface area contributed by atoms with Crippen LogP contribution in [-0.2, 0) is 6.54 Å². The summed E-state index contributed by atoms with van der Waals surface area (Å²) >= 11 is 0. The van der Waals surface area contributed by atoms with Crippen molar-refractivity contribution in [2.45, 2.75) is 32.2 Å². The minimum Gasteiger partial charge on any atom is -0.496 e. The fourth-order valence-corrected chi connectivity index (χ4v) is 4.30. The number of ether oxygens (including phenoxy) is 3. The fourth-order valence-electron chi connectivity index (χ4n) is 4.30. The lowest BCUT2D eigenvalue weighted by Gasteiger charge is -2.33. The topological polar surface area (TPSA) is 87.1 Å². The van der Waals surface area contributed by atoms with Crippen molar-refractivity contribution in [2.24, 2.45) is 0 Å². The van der Waals surface area contributed by atoms with Crippen LogP contribution in [0.25, 0.3) is 5.65 Å². The lowest BCUT2D eigenvalue weighted by molar-refractivity contribution is 0.173. The van der Waals surface area contributed by atoms with Crippen LogP contribution >= 0.6 is 0 Å². The van der Waals surface area contributed by atoms with Crippen LogP contribution in [-0.4, -0.2) is 46.5 Å². The number of nitrogens with two attached hydrogens (primary N) is 1. The van der Waals surface area contributed by atoms with E-state index in [0.29, 0.717) is 11.7 Å². The predicted octanol–water partition coefficient (Wildman–Crippen LogP) is 2.74. The zero-order chi connectivity index (χ0) is 20.0. The molecule has 4 heterocycles. The van der Waals surface area contributed by atoms with Crippen molar-refractivity contribution in [3.05, 3.63) is 41.2 Å². The summed E-state index contributed by atoms with van der Waals surface area (Å²) in [5.74, 6) is 3.32. The largest absolute Gasteiger partial charge is 0.496 e. The number of nitrogen functional groups attached to an aromatic ring is 1. The highest BCUT2D eigenvalue weighted by Gasteiger charge is 2.25. The normalized spacial score (nSPS) is 19.0. The van der Waals surface area contributed by atoms with Crippen molar-refractivity contribution in [3.8, 4) is 17.2 Å². The van der Waals surface area contributed by atoms with Crippen LogP contribution in [0.3, 0.4) is 0 Å². The number of benzene rings is 1. The van der Waals surface area contributed by atoms with Gasteiger partial charge in [-0.15, -0.1) is 0 Å². The molecule has 8 heteroatoms. The standard InChI is InChI=1S/C21H25N5O3/c1-13-6-21-23-16(8-20(22)26(21)24-13)14-4-3-5-25(10-14)11-15-7-18-19(29-12-28-18)9-17(15)27-2/h6-9,14H,3-5,10-12,22H2,1-2H3. The molecule has 3 aromatic rings. The average Bonchev–Trinajstić information content (AvgIpc) is 3.33. The number of fused-ring (bicyclic) bond motifs is 2. The molecule has 1 aromatic carbocycles. The molecule has 8 nitrogen and oxygen atoms in total. The molecule has 2 aliphatic heterocycles. The second-order valence-electron chi connectivity index (χ2n) is 7.75. The number of nitrogens with zero attached hydrogens (tertiary/aromatic N) is 4. The first-order valence-corrected chi connectivity index (χ1v) is 9.92. The van der Waals surface area contributed by atoms with Crippen LogP contribution in [0, 0.1) is 6.92 Å². The quantitative estimate of drug-likeness (QED) is 0.727. The Hall–Kier alpha value is -3.00. The van der Waals surface area contributed by atoms with E-state index in [2.05, 4.69) is 10.00 Å². The molecule has 1 unspecified atom stereocenters. The maximum absolute atomic E-state index is 6.23. The van der Waals surface area contributed by atoms with Gasteiger partial charge in [0.15, 0.2) is 17.1 Å². The van der Waals surface area contributed by atoms with Gasteiger partial charge in [-0.05, 0) is 32.4 Å². The highest BCUT2D eigenvalue weighted by Crippen LogP contribution is 2.39. The molecule has 29 heavy (non-hydrogen) atoms. The van der Waals surface area contributed by atoms with Gasteiger partial charge in [-0.2, -0.15) is 9.61 Å². The molecule has 1 saturated heterocycles. The van der Waals surface area contributed by atoms with Crippen LogP contribution in [0.5, 0.6) is 17.2 Å². The summed E-state index contributed by atoms with van der Waals surface area (Å²) in [6.07, 6.45) is 2.22. The summed E-state index contributed by atoms with van der Waals surface area (Å²) in [6, 6.07) is 7.88. The smallest absolute Gasteiger partial charge is 0.231 e. The maximum atomic E-state index is 6.23. The van der Waals surface area contributed by atoms with Gasteiger partial charge in [-0.3, -0.25) is 4.90 Å². The first-order valence-electron chi connectivity index (χ1n) is 9.92. The number of likely N-dealkylation sites (tertiary alicyclic amines) is 1. The van der Waals surface area contributed by atoms with Crippen molar-refractivity contribution in [3.63, 3.8) is 0 Å². The van der Waals surface area contributed by atoms with Gasteiger partial charge in [0.2, 0.25) is 6.79 Å². The SMILES string of the molecule is COc1cc2c(cc1CN1CCCC(c3cc(N)n4nc(C)cc4n3)C1)OCO2. The van der Waals surface area contributed by atoms with Gasteiger partial charge in [-0.1, -0.05) is 0 Å². The van der Waals surface area contributed by atoms with E-state index < -0.39 is 0 Å². The average molecular weight is 395 g/mol. The van der Waals surface area contributed by atoms with Crippen molar-refractivity contribution < 1.29 is 14.2 Å². The van der Waals surface area contributed by atoms with Gasteiger partial charge >= 0.3 is 0 Å². The van der Waals surface area contributed by atoms with E-state index in [1.54, 1.807) is 11.6 Å². The minimum atomic E-state index is 0.261. The summed E-state index contributed by atoms with van der Waals surface area (Å²) in [5.41, 5.74) is 10.1. The van der Waals surface area contributed by atoms with Crippen molar-refractivity contribution in [1.29, 1.82) is 0 Å². The van der Waals surface area contributed by atoms with E-state index in [1.807, 2.05) is 31.2 Å². The molecule has 1 fully saturated rings. The molecule has 152 valence electrons. The number of hydrogen-bond donors (Lipinski definition) is 1. The molecule has 0 bridgehead atoms. The molecule has 5 rings (SSSR count). The fraction of sp³-hybridized carbons (Fsp3) is 0.429. The molecule has 0 radical (unpaired) electrons. The number of methoxy groups -OCH3 is 1. The van der Waals surface area contributed by atoms with Gasteiger partial charge < -0.3 is 19.9 Å². The van der Waals surface area contributed by atoms with Gasteiger partial charge in [0.05, 0.1) is 18.5 Å². The Bertz CT molecular complexity index is 1060. The Labute approximate surface area is 169 Å². The molecule has 0 saturated carbocycles. The van der Waals surface area contributed by atoms with Crippen LogP contribution in [0.1, 0.15) is 35.7 Å². The monoisotopic (exact) mass is 395 g/mol. The summed E-state index contributed by atoms with van der Waals surface area (Å²) < 4.78 is 18.3. The van der Waals surface area contributed by atoms with Crippen LogP contribution in [0.4, 0.5) is 5.82 Å². The second kappa shape index (κ2) is 7.11. The van der Waals surface area contributed by atoms with Gasteiger partial charge in [0.25, 0.3) is 0 Å². The van der Waals surface area contributed by atoms with E-state index in [-0.39, 0.29) is 6.79 Å². The van der Waals surface area contributed by atoms with E-state index in [4.69, 9.17) is 24.9 Å². The molecule has 1 atom stereocenters. The Morgan fingerprint density at radius 1 is 1.21 bits per heavy atom. The molecule has 0 spiro atoms. The third kappa shape index (κ3) is 3.33. The van der Waals surface area contributed by atoms with E-state index in [0.717, 1.165) is 72.3 Å². The molecule has 2 N–H and O–H groups in total. The Morgan fingerprint density at radius 2 is 2.03 bits per heavy atom. The summed E-state index contributed by atoms with van der Waals surface area (Å²) in [4.78, 5) is 7.28. The maximum Gasteiger partial charge on any atom is 0.231 e. The first-order chi connectivity index (χ1) is 14.1. The third-order valence-corrected chi connectivity index (χ3v) is 5.69. The third-order valence-electron chi connectivity index (χ3n) is 5.69. The Kier molecular flexibility index (Phi) is 4.43. The number of piperidine rings is 1. The zero-order valence-corrected chi connectivity index (χ0v) is 16.7. The number of anilines is 1. The number of hydrogen-bond acceptors (Lipinski definition) is 7. The lowest BCUT2D eigenvalue weighted by Crippen LogP contribution is -2.34. The minimum absolute atomic E-state index is 0.261. The lowest BCUT2D eigenvalue weighted by atomic mass is 9.94. The number of rotatable bonds is 4. The van der Waals surface area contributed by atoms with Crippen LogP contribution < -0.4 is 19.9 Å². The van der Waals surface area contributed by atoms with E-state index in [1.165, 1.54) is 0 Å². The van der Waals surface area contributed by atoms with Crippen molar-refractivity contribution >= 4 is 11.5 Å². The number of aryl methyl sites for hydroxylation is 1. The van der Waals surface area contributed by atoms with Crippen molar-refractivity contribution in [2.75, 3.05) is 32.7 Å². The summed E-state index contributed by atoms with van der Waals surface area (Å²) in [5, 5.41) is 4.40. The summed E-state index contributed by atoms with van der Waals surface area (Å²) in [6.45, 7) is 4.97. The molecule has 2 aromatic heterocycles. The predicted molar refractivity (Wildman–Crippen MR) is 109 cm³/mol. The molecular weight excluding hydrogens is 370 g/mol. The summed E-state index contributed by atoms with van der Waals surface area (Å²) in [7, 11) is 1.69. The molecule has 0 aliphatic carbocycles. The van der Waals surface area contributed by atoms with Crippen molar-refractivity contribution in [1.82, 2.24) is 19.5 Å². The van der Waals surface area contributed by atoms with Gasteiger partial charge in [0.1, 0.15) is 11.6 Å². The highest BCUT2D eigenvalue weighted by atomic mass is 16.7. The van der Waals surface area contributed by atoms with Crippen LogP contribution in [0.15, 0.2) is 24.3 Å². The molecule has 0 amide bonds. The zero-order valence-electron chi connectivity index (χ0n) is 16.7. The molecular formula is C21H25N5O3. The Balaban J connectivity index is 1.38. The van der Waals surface area contributed by atoms with E-state index in [9.17, 15) is 0 Å². The number of aromatic nitrogens is 3. The van der Waals surface area contributed by atoms with Gasteiger partial charge in [-0.25, -0.2) is 4.98 Å². The highest BCUT2D eigenvalue weighted by molar-refractivity contribution is 5.52. The molecule has 2 aliphatic rings. The Morgan fingerprint density at radius 3 is 2.86 bits per heavy atom. The van der Waals surface area contributed by atoms with Crippen LogP contribution in [0.2, 0.25) is 0 Å².